The van der Waals surface area contributed by atoms with E-state index in [1.54, 1.807) is 0 Å². The molecule has 0 aromatic heterocycles. The molecule has 0 spiro atoms. The third-order valence-corrected chi connectivity index (χ3v) is 4.88. The number of amides is 1. The molecule has 2 rings (SSSR count). The molecule has 1 fully saturated rings. The highest BCUT2D eigenvalue weighted by Crippen LogP contribution is 2.27. The molecule has 1 aliphatic rings. The van der Waals surface area contributed by atoms with Crippen molar-refractivity contribution in [3.8, 4) is 0 Å². The summed E-state index contributed by atoms with van der Waals surface area (Å²) < 4.78 is 0. The molecular weight excluding hydrogens is 262 g/mol. The van der Waals surface area contributed by atoms with Crippen LogP contribution in [0.4, 0.5) is 0 Å². The van der Waals surface area contributed by atoms with Gasteiger partial charge in [-0.25, -0.2) is 0 Å². The van der Waals surface area contributed by atoms with E-state index in [1.807, 2.05) is 36.0 Å². The van der Waals surface area contributed by atoms with Crippen LogP contribution in [-0.2, 0) is 0 Å². The third-order valence-electron chi connectivity index (χ3n) is 3.43. The fraction of sp³-hybridized carbons (Fsp3) is 0.500. The molecule has 1 aliphatic carbocycles. The van der Waals surface area contributed by atoms with Crippen LogP contribution >= 0.6 is 24.4 Å². The molecule has 1 amide bonds. The Morgan fingerprint density at radius 2 is 2.17 bits per heavy atom. The van der Waals surface area contributed by atoms with E-state index in [9.17, 15) is 4.79 Å². The van der Waals surface area contributed by atoms with Crippen LogP contribution in [-0.4, -0.2) is 23.5 Å². The number of hydrogen-bond acceptors (Lipinski definition) is 3. The van der Waals surface area contributed by atoms with E-state index in [-0.39, 0.29) is 5.91 Å². The predicted molar refractivity (Wildman–Crippen MR) is 80.7 cm³/mol. The SMILES string of the molecule is CSC1CCCCC1NC(=O)c1cccc(S)c1. The van der Waals surface area contributed by atoms with Crippen molar-refractivity contribution >= 4 is 30.3 Å². The van der Waals surface area contributed by atoms with Crippen LogP contribution in [0.2, 0.25) is 0 Å². The zero-order valence-corrected chi connectivity index (χ0v) is 12.3. The first kappa shape index (κ1) is 13.8. The standard InChI is InChI=1S/C14H19NOS2/c1-18-13-8-3-2-7-12(13)15-14(16)10-5-4-6-11(17)9-10/h4-6,9,12-13,17H,2-3,7-8H2,1H3,(H,15,16). The van der Waals surface area contributed by atoms with Gasteiger partial charge in [0, 0.05) is 21.8 Å². The van der Waals surface area contributed by atoms with Crippen LogP contribution in [0.3, 0.4) is 0 Å². The van der Waals surface area contributed by atoms with Crippen LogP contribution in [0, 0.1) is 0 Å². The van der Waals surface area contributed by atoms with Crippen molar-refractivity contribution in [3.63, 3.8) is 0 Å². The second-order valence-corrected chi connectivity index (χ2v) is 6.28. The maximum absolute atomic E-state index is 12.2. The molecule has 0 heterocycles. The summed E-state index contributed by atoms with van der Waals surface area (Å²) in [4.78, 5) is 13.0. The Morgan fingerprint density at radius 3 is 2.89 bits per heavy atom. The van der Waals surface area contributed by atoms with Crippen molar-refractivity contribution in [2.24, 2.45) is 0 Å². The summed E-state index contributed by atoms with van der Waals surface area (Å²) in [5.74, 6) is 0.0249. The van der Waals surface area contributed by atoms with Crippen molar-refractivity contribution in [1.82, 2.24) is 5.32 Å². The Morgan fingerprint density at radius 1 is 1.39 bits per heavy atom. The Hall–Kier alpha value is -0.610. The second-order valence-electron chi connectivity index (χ2n) is 4.69. The predicted octanol–water partition coefficient (Wildman–Crippen LogP) is 3.38. The number of thioether (sulfide) groups is 1. The van der Waals surface area contributed by atoms with Crippen LogP contribution in [0.1, 0.15) is 36.0 Å². The topological polar surface area (TPSA) is 29.1 Å². The molecule has 2 atom stereocenters. The molecule has 1 N–H and O–H groups in total. The molecule has 4 heteroatoms. The van der Waals surface area contributed by atoms with E-state index < -0.39 is 0 Å². The molecule has 18 heavy (non-hydrogen) atoms. The Kier molecular flexibility index (Phi) is 5.01. The lowest BCUT2D eigenvalue weighted by atomic mass is 9.94. The Bertz CT molecular complexity index is 422. The molecule has 0 bridgehead atoms. The van der Waals surface area contributed by atoms with Crippen molar-refractivity contribution in [1.29, 1.82) is 0 Å². The zero-order chi connectivity index (χ0) is 13.0. The minimum absolute atomic E-state index is 0.0249. The van der Waals surface area contributed by atoms with Gasteiger partial charge in [0.15, 0.2) is 0 Å². The monoisotopic (exact) mass is 281 g/mol. The maximum atomic E-state index is 12.2. The molecule has 1 aromatic carbocycles. The lowest BCUT2D eigenvalue weighted by molar-refractivity contribution is 0.0929. The van der Waals surface area contributed by atoms with Gasteiger partial charge in [0.2, 0.25) is 0 Å². The third kappa shape index (κ3) is 3.45. The molecular formula is C14H19NOS2. The first-order chi connectivity index (χ1) is 8.70. The van der Waals surface area contributed by atoms with Gasteiger partial charge in [0.1, 0.15) is 0 Å². The normalized spacial score (nSPS) is 23.7. The molecule has 2 nitrogen and oxygen atoms in total. The average molecular weight is 281 g/mol. The minimum atomic E-state index is 0.0249. The molecule has 2 unspecified atom stereocenters. The van der Waals surface area contributed by atoms with Gasteiger partial charge >= 0.3 is 0 Å². The Balaban J connectivity index is 2.02. The van der Waals surface area contributed by atoms with Gasteiger partial charge < -0.3 is 5.32 Å². The van der Waals surface area contributed by atoms with Gasteiger partial charge in [0.25, 0.3) is 5.91 Å². The molecule has 0 aliphatic heterocycles. The van der Waals surface area contributed by atoms with Gasteiger partial charge in [-0.15, -0.1) is 12.6 Å². The van der Waals surface area contributed by atoms with Crippen molar-refractivity contribution < 1.29 is 4.79 Å². The summed E-state index contributed by atoms with van der Waals surface area (Å²) in [6.45, 7) is 0. The number of benzene rings is 1. The van der Waals surface area contributed by atoms with Gasteiger partial charge in [-0.2, -0.15) is 11.8 Å². The highest BCUT2D eigenvalue weighted by atomic mass is 32.2. The van der Waals surface area contributed by atoms with E-state index in [0.29, 0.717) is 16.9 Å². The van der Waals surface area contributed by atoms with Crippen LogP contribution < -0.4 is 5.32 Å². The molecule has 1 saturated carbocycles. The summed E-state index contributed by atoms with van der Waals surface area (Å²) in [5, 5.41) is 3.73. The fourth-order valence-corrected chi connectivity index (χ4v) is 3.60. The van der Waals surface area contributed by atoms with Gasteiger partial charge in [-0.3, -0.25) is 4.79 Å². The van der Waals surface area contributed by atoms with Crippen molar-refractivity contribution in [2.45, 2.75) is 41.9 Å². The number of carbonyl (C=O) groups excluding carboxylic acids is 1. The minimum Gasteiger partial charge on any atom is -0.348 e. The summed E-state index contributed by atoms with van der Waals surface area (Å²) >= 11 is 6.13. The van der Waals surface area contributed by atoms with Crippen molar-refractivity contribution in [3.05, 3.63) is 29.8 Å². The second kappa shape index (κ2) is 6.53. The van der Waals surface area contributed by atoms with E-state index in [4.69, 9.17) is 0 Å². The van der Waals surface area contributed by atoms with Crippen molar-refractivity contribution in [2.75, 3.05) is 6.26 Å². The molecule has 0 radical (unpaired) electrons. The Labute approximate surface area is 118 Å². The van der Waals surface area contributed by atoms with Gasteiger partial charge in [-0.1, -0.05) is 18.9 Å². The fourth-order valence-electron chi connectivity index (χ4n) is 2.44. The van der Waals surface area contributed by atoms with Crippen LogP contribution in [0.25, 0.3) is 0 Å². The number of hydrogen-bond donors (Lipinski definition) is 2. The highest BCUT2D eigenvalue weighted by Gasteiger charge is 2.25. The number of nitrogens with one attached hydrogen (secondary N) is 1. The van der Waals surface area contributed by atoms with E-state index in [2.05, 4.69) is 24.2 Å². The molecule has 1 aromatic rings. The summed E-state index contributed by atoms with van der Waals surface area (Å²) in [6, 6.07) is 7.71. The summed E-state index contributed by atoms with van der Waals surface area (Å²) in [6.07, 6.45) is 6.93. The van der Waals surface area contributed by atoms with E-state index in [1.165, 1.54) is 19.3 Å². The number of thiol groups is 1. The van der Waals surface area contributed by atoms with Crippen LogP contribution in [0.5, 0.6) is 0 Å². The first-order valence-corrected chi connectivity index (χ1v) is 8.07. The largest absolute Gasteiger partial charge is 0.348 e. The van der Waals surface area contributed by atoms with Gasteiger partial charge in [-0.05, 0) is 37.3 Å². The first-order valence-electron chi connectivity index (χ1n) is 6.33. The lowest BCUT2D eigenvalue weighted by Gasteiger charge is -2.30. The molecule has 0 saturated heterocycles. The quantitative estimate of drug-likeness (QED) is 0.832. The smallest absolute Gasteiger partial charge is 0.251 e. The average Bonchev–Trinajstić information content (AvgIpc) is 2.39. The van der Waals surface area contributed by atoms with E-state index >= 15 is 0 Å². The summed E-state index contributed by atoms with van der Waals surface area (Å²) in [5.41, 5.74) is 0.702. The van der Waals surface area contributed by atoms with Crippen LogP contribution in [0.15, 0.2) is 29.2 Å². The van der Waals surface area contributed by atoms with E-state index in [0.717, 1.165) is 11.3 Å². The zero-order valence-electron chi connectivity index (χ0n) is 10.6. The van der Waals surface area contributed by atoms with Gasteiger partial charge in [0.05, 0.1) is 0 Å². The lowest BCUT2D eigenvalue weighted by Crippen LogP contribution is -2.43. The summed E-state index contributed by atoms with van der Waals surface area (Å²) in [7, 11) is 0. The number of carbonyl (C=O) groups is 1. The number of rotatable bonds is 3. The maximum Gasteiger partial charge on any atom is 0.251 e. The highest BCUT2D eigenvalue weighted by molar-refractivity contribution is 7.99. The molecule has 98 valence electrons.